The van der Waals surface area contributed by atoms with Crippen molar-refractivity contribution in [3.63, 3.8) is 0 Å². The summed E-state index contributed by atoms with van der Waals surface area (Å²) in [6.07, 6.45) is 2.22. The zero-order chi connectivity index (χ0) is 19.1. The fourth-order valence-corrected chi connectivity index (χ4v) is 2.56. The van der Waals surface area contributed by atoms with Gasteiger partial charge in [-0.3, -0.25) is 10.1 Å². The van der Waals surface area contributed by atoms with Crippen molar-refractivity contribution in [3.05, 3.63) is 36.2 Å². The number of hydrogen-bond acceptors (Lipinski definition) is 7. The molecule has 7 nitrogen and oxygen atoms in total. The number of Topliss-reactive ketones (excluding diaryl/α,β-unsaturated/α-hetero) is 1. The SMILES string of the molecule is CCC(=O)c1cnc(NC(=O)OC)cc1Nc1ncccc1SC(F)F. The van der Waals surface area contributed by atoms with Crippen molar-refractivity contribution >= 4 is 41.0 Å². The van der Waals surface area contributed by atoms with E-state index in [-0.39, 0.29) is 40.0 Å². The van der Waals surface area contributed by atoms with Gasteiger partial charge in [-0.25, -0.2) is 14.8 Å². The lowest BCUT2D eigenvalue weighted by Crippen LogP contribution is -2.13. The first kappa shape index (κ1) is 19.6. The number of anilines is 3. The van der Waals surface area contributed by atoms with Crippen LogP contribution in [0.1, 0.15) is 23.7 Å². The van der Waals surface area contributed by atoms with Crippen molar-refractivity contribution in [1.82, 2.24) is 9.97 Å². The second-order valence-electron chi connectivity index (χ2n) is 4.86. The van der Waals surface area contributed by atoms with E-state index in [2.05, 4.69) is 25.3 Å². The first-order valence-electron chi connectivity index (χ1n) is 7.49. The average Bonchev–Trinajstić information content (AvgIpc) is 2.62. The summed E-state index contributed by atoms with van der Waals surface area (Å²) in [5, 5.41) is 5.25. The van der Waals surface area contributed by atoms with Crippen LogP contribution < -0.4 is 10.6 Å². The molecule has 0 aromatic carbocycles. The van der Waals surface area contributed by atoms with Crippen molar-refractivity contribution in [1.29, 1.82) is 0 Å². The van der Waals surface area contributed by atoms with Crippen molar-refractivity contribution in [2.75, 3.05) is 17.7 Å². The number of thioether (sulfide) groups is 1. The number of nitrogens with zero attached hydrogens (tertiary/aromatic N) is 2. The van der Waals surface area contributed by atoms with Gasteiger partial charge in [-0.15, -0.1) is 0 Å². The second kappa shape index (κ2) is 9.09. The van der Waals surface area contributed by atoms with Gasteiger partial charge in [-0.2, -0.15) is 8.78 Å². The molecule has 10 heteroatoms. The summed E-state index contributed by atoms with van der Waals surface area (Å²) in [6, 6.07) is 4.43. The molecule has 0 saturated heterocycles. The van der Waals surface area contributed by atoms with E-state index >= 15 is 0 Å². The molecule has 0 bridgehead atoms. The predicted octanol–water partition coefficient (Wildman–Crippen LogP) is 4.31. The summed E-state index contributed by atoms with van der Waals surface area (Å²) < 4.78 is 30.0. The van der Waals surface area contributed by atoms with Crippen LogP contribution in [0.25, 0.3) is 0 Å². The number of hydrogen-bond donors (Lipinski definition) is 2. The number of methoxy groups -OCH3 is 1. The summed E-state index contributed by atoms with van der Waals surface area (Å²) in [7, 11) is 1.20. The van der Waals surface area contributed by atoms with Crippen LogP contribution in [0.2, 0.25) is 0 Å². The highest BCUT2D eigenvalue weighted by Gasteiger charge is 2.16. The van der Waals surface area contributed by atoms with Crippen LogP contribution in [-0.2, 0) is 4.74 Å². The Morgan fingerprint density at radius 2 is 2.12 bits per heavy atom. The summed E-state index contributed by atoms with van der Waals surface area (Å²) in [5.74, 6) is -2.53. The Labute approximate surface area is 152 Å². The summed E-state index contributed by atoms with van der Waals surface area (Å²) in [5.41, 5.74) is 0.537. The van der Waals surface area contributed by atoms with E-state index in [0.29, 0.717) is 11.8 Å². The average molecular weight is 382 g/mol. The van der Waals surface area contributed by atoms with E-state index in [1.807, 2.05) is 0 Å². The van der Waals surface area contributed by atoms with E-state index in [4.69, 9.17) is 0 Å². The van der Waals surface area contributed by atoms with E-state index < -0.39 is 11.9 Å². The largest absolute Gasteiger partial charge is 0.453 e. The molecule has 0 fully saturated rings. The molecule has 2 aromatic heterocycles. The smallest absolute Gasteiger partial charge is 0.412 e. The molecule has 0 spiro atoms. The minimum absolute atomic E-state index is 0.131. The number of carbonyl (C=O) groups is 2. The molecular formula is C16H16F2N4O3S. The maximum absolute atomic E-state index is 12.7. The van der Waals surface area contributed by atoms with Crippen LogP contribution in [-0.4, -0.2) is 34.7 Å². The highest BCUT2D eigenvalue weighted by Crippen LogP contribution is 2.33. The third-order valence-electron chi connectivity index (χ3n) is 3.18. The van der Waals surface area contributed by atoms with Crippen LogP contribution in [0.5, 0.6) is 0 Å². The molecule has 2 heterocycles. The molecule has 0 unspecified atom stereocenters. The summed E-state index contributed by atoms with van der Waals surface area (Å²) in [6.45, 7) is 1.69. The van der Waals surface area contributed by atoms with E-state index in [9.17, 15) is 18.4 Å². The van der Waals surface area contributed by atoms with Gasteiger partial charge < -0.3 is 10.1 Å². The number of halogens is 2. The zero-order valence-corrected chi connectivity index (χ0v) is 14.8. The van der Waals surface area contributed by atoms with E-state index in [1.165, 1.54) is 37.7 Å². The van der Waals surface area contributed by atoms with Gasteiger partial charge in [0.25, 0.3) is 5.76 Å². The van der Waals surface area contributed by atoms with Gasteiger partial charge in [-0.05, 0) is 12.1 Å². The number of amides is 1. The Hall–Kier alpha value is -2.75. The molecule has 2 aromatic rings. The number of carbonyl (C=O) groups excluding carboxylic acids is 2. The minimum Gasteiger partial charge on any atom is -0.453 e. The van der Waals surface area contributed by atoms with Gasteiger partial charge >= 0.3 is 6.09 Å². The highest BCUT2D eigenvalue weighted by molar-refractivity contribution is 7.99. The second-order valence-corrected chi connectivity index (χ2v) is 5.89. The van der Waals surface area contributed by atoms with Gasteiger partial charge in [0.15, 0.2) is 5.78 Å². The molecule has 0 atom stereocenters. The first-order chi connectivity index (χ1) is 12.4. The van der Waals surface area contributed by atoms with E-state index in [1.54, 1.807) is 6.92 Å². The zero-order valence-electron chi connectivity index (χ0n) is 14.0. The van der Waals surface area contributed by atoms with E-state index in [0.717, 1.165) is 0 Å². The van der Waals surface area contributed by atoms with Crippen molar-refractivity contribution in [2.24, 2.45) is 0 Å². The number of ether oxygens (including phenoxy) is 1. The van der Waals surface area contributed by atoms with Crippen molar-refractivity contribution in [2.45, 2.75) is 24.0 Å². The molecular weight excluding hydrogens is 366 g/mol. The predicted molar refractivity (Wildman–Crippen MR) is 94.3 cm³/mol. The van der Waals surface area contributed by atoms with Crippen molar-refractivity contribution < 1.29 is 23.1 Å². The molecule has 0 aliphatic rings. The van der Waals surface area contributed by atoms with Crippen LogP contribution in [0.15, 0.2) is 35.5 Å². The third kappa shape index (κ3) is 5.12. The lowest BCUT2D eigenvalue weighted by atomic mass is 10.1. The Morgan fingerprint density at radius 3 is 2.77 bits per heavy atom. The molecule has 2 N–H and O–H groups in total. The molecule has 0 radical (unpaired) electrons. The van der Waals surface area contributed by atoms with Gasteiger partial charge in [0, 0.05) is 24.9 Å². The minimum atomic E-state index is -2.62. The monoisotopic (exact) mass is 382 g/mol. The molecule has 0 aliphatic carbocycles. The lowest BCUT2D eigenvalue weighted by Gasteiger charge is -2.14. The van der Waals surface area contributed by atoms with Crippen LogP contribution in [0, 0.1) is 0 Å². The van der Waals surface area contributed by atoms with Gasteiger partial charge in [0.2, 0.25) is 0 Å². The first-order valence-corrected chi connectivity index (χ1v) is 8.37. The molecule has 138 valence electrons. The van der Waals surface area contributed by atoms with Crippen LogP contribution in [0.3, 0.4) is 0 Å². The lowest BCUT2D eigenvalue weighted by molar-refractivity contribution is 0.0988. The third-order valence-corrected chi connectivity index (χ3v) is 3.94. The Bertz CT molecular complexity index is 805. The number of nitrogens with one attached hydrogen (secondary N) is 2. The highest BCUT2D eigenvalue weighted by atomic mass is 32.2. The maximum Gasteiger partial charge on any atom is 0.412 e. The fourth-order valence-electron chi connectivity index (χ4n) is 2.00. The number of aromatic nitrogens is 2. The normalized spacial score (nSPS) is 10.5. The van der Waals surface area contributed by atoms with Gasteiger partial charge in [0.05, 0.1) is 23.3 Å². The number of alkyl halides is 2. The Balaban J connectivity index is 2.41. The summed E-state index contributed by atoms with van der Waals surface area (Å²) >= 11 is 0.334. The van der Waals surface area contributed by atoms with Gasteiger partial charge in [0.1, 0.15) is 11.6 Å². The molecule has 26 heavy (non-hydrogen) atoms. The molecule has 1 amide bonds. The maximum atomic E-state index is 12.7. The Morgan fingerprint density at radius 1 is 1.35 bits per heavy atom. The molecule has 2 rings (SSSR count). The Kier molecular flexibility index (Phi) is 6.84. The molecule has 0 saturated carbocycles. The van der Waals surface area contributed by atoms with Crippen molar-refractivity contribution in [3.8, 4) is 0 Å². The summed E-state index contributed by atoms with van der Waals surface area (Å²) in [4.78, 5) is 31.7. The fraction of sp³-hybridized carbons (Fsp3) is 0.250. The quantitative estimate of drug-likeness (QED) is 0.544. The van der Waals surface area contributed by atoms with Crippen LogP contribution in [0.4, 0.5) is 30.9 Å². The standard InChI is InChI=1S/C16H16F2N4O3S/c1-3-11(23)9-8-20-13(22-16(24)25-2)7-10(9)21-14-12(26-15(17)18)5-4-6-19-14/h4-8,15H,3H2,1-2H3,(H2,19,20,21,22,24). The van der Waals surface area contributed by atoms with Gasteiger partial charge in [-0.1, -0.05) is 18.7 Å². The number of ketones is 1. The van der Waals surface area contributed by atoms with Crippen LogP contribution >= 0.6 is 11.8 Å². The molecule has 0 aliphatic heterocycles. The topological polar surface area (TPSA) is 93.2 Å². The number of rotatable bonds is 7. The number of pyridine rings is 2.